The van der Waals surface area contributed by atoms with E-state index in [0.717, 1.165) is 12.8 Å². The third-order valence-corrected chi connectivity index (χ3v) is 3.58. The van der Waals surface area contributed by atoms with Crippen molar-refractivity contribution in [3.63, 3.8) is 0 Å². The number of hydrogen-bond donors (Lipinski definition) is 1. The summed E-state index contributed by atoms with van der Waals surface area (Å²) in [5.74, 6) is -1.98. The molecule has 20 heavy (non-hydrogen) atoms. The molecule has 108 valence electrons. The maximum atomic E-state index is 11.6. The number of amides is 1. The Morgan fingerprint density at radius 1 is 1.35 bits per heavy atom. The Morgan fingerprint density at radius 3 is 2.80 bits per heavy atom. The van der Waals surface area contributed by atoms with E-state index < -0.39 is 12.0 Å². The van der Waals surface area contributed by atoms with Crippen molar-refractivity contribution in [3.05, 3.63) is 23.7 Å². The van der Waals surface area contributed by atoms with Crippen molar-refractivity contribution >= 4 is 5.91 Å². The van der Waals surface area contributed by atoms with Crippen LogP contribution in [0.2, 0.25) is 0 Å². The summed E-state index contributed by atoms with van der Waals surface area (Å²) < 4.78 is 52.8. The molecule has 0 spiro atoms. The van der Waals surface area contributed by atoms with Gasteiger partial charge in [0.25, 0.3) is 0 Å². The monoisotopic (exact) mass is 280 g/mol. The second kappa shape index (κ2) is 5.73. The first-order chi connectivity index (χ1) is 11.7. The van der Waals surface area contributed by atoms with Crippen LogP contribution >= 0.6 is 0 Å². The van der Waals surface area contributed by atoms with E-state index in [1.807, 2.05) is 0 Å². The van der Waals surface area contributed by atoms with E-state index in [-0.39, 0.29) is 54.1 Å². The number of methoxy groups -OCH3 is 1. The molecule has 3 rings (SSSR count). The van der Waals surface area contributed by atoms with Gasteiger partial charge in [0, 0.05) is 20.2 Å². The number of carbonyl (C=O) groups excluding carboxylic acids is 1. The minimum Gasteiger partial charge on any atom is -0.493 e. The molecular weight excluding hydrogens is 254 g/mol. The van der Waals surface area contributed by atoms with Gasteiger partial charge in [-0.05, 0) is 43.3 Å². The van der Waals surface area contributed by atoms with E-state index in [2.05, 4.69) is 5.32 Å². The van der Waals surface area contributed by atoms with Crippen molar-refractivity contribution in [1.29, 1.82) is 0 Å². The quantitative estimate of drug-likeness (QED) is 0.922. The third-order valence-electron chi connectivity index (χ3n) is 3.58. The number of hydrogen-bond acceptors (Lipinski definition) is 3. The van der Waals surface area contributed by atoms with Crippen LogP contribution in [-0.2, 0) is 4.79 Å². The number of rotatable bonds is 4. The third kappa shape index (κ3) is 2.74. The lowest BCUT2D eigenvalue weighted by Gasteiger charge is -2.18. The van der Waals surface area contributed by atoms with Gasteiger partial charge < -0.3 is 14.8 Å². The van der Waals surface area contributed by atoms with Crippen LogP contribution in [-0.4, -0.2) is 25.6 Å². The van der Waals surface area contributed by atoms with Gasteiger partial charge in [-0.2, -0.15) is 0 Å². The van der Waals surface area contributed by atoms with Crippen LogP contribution in [0.25, 0.3) is 0 Å². The number of ether oxygens (including phenoxy) is 2. The molecule has 1 atom stereocenters. The van der Waals surface area contributed by atoms with E-state index in [1.165, 1.54) is 7.11 Å². The largest absolute Gasteiger partial charge is 0.493 e. The standard InChI is InChI=1S/C16H21NO3/c1-19-14-7-6-11(12-9-16(18)17-10-12)8-15(14)20-13-4-2-3-5-13/h6-8,12-13H,2-5,9-10H2,1H3,(H,17,18)/i6D,7D,8D,12D,13D. The highest BCUT2D eigenvalue weighted by atomic mass is 16.5. The highest BCUT2D eigenvalue weighted by Crippen LogP contribution is 2.35. The lowest BCUT2D eigenvalue weighted by atomic mass is 9.98. The molecule has 2 fully saturated rings. The molecule has 4 nitrogen and oxygen atoms in total. The second-order valence-corrected chi connectivity index (χ2v) is 5.02. The van der Waals surface area contributed by atoms with Gasteiger partial charge in [-0.3, -0.25) is 4.79 Å². The zero-order chi connectivity index (χ0) is 18.4. The van der Waals surface area contributed by atoms with Crippen molar-refractivity contribution in [2.75, 3.05) is 13.7 Å². The highest BCUT2D eigenvalue weighted by molar-refractivity contribution is 5.79. The predicted molar refractivity (Wildman–Crippen MR) is 76.2 cm³/mol. The lowest BCUT2D eigenvalue weighted by Crippen LogP contribution is -2.14. The SMILES string of the molecule is [2H]c1c([2H])c(C2([2H])CNC(=O)C2)c([2H])c(OC2([2H])CCCC2)c1OC. The maximum absolute atomic E-state index is 11.6. The molecule has 0 radical (unpaired) electrons. The normalized spacial score (nSPS) is 31.6. The zero-order valence-corrected chi connectivity index (χ0v) is 11.5. The Hall–Kier alpha value is -1.71. The summed E-state index contributed by atoms with van der Waals surface area (Å²) in [7, 11) is 1.32. The van der Waals surface area contributed by atoms with Gasteiger partial charge in [-0.25, -0.2) is 0 Å². The zero-order valence-electron chi connectivity index (χ0n) is 16.5. The topological polar surface area (TPSA) is 47.6 Å². The van der Waals surface area contributed by atoms with Crippen LogP contribution in [0.3, 0.4) is 0 Å². The minimum atomic E-state index is -1.50. The first-order valence-electron chi connectivity index (χ1n) is 9.35. The molecule has 0 bridgehead atoms. The molecule has 4 heteroatoms. The predicted octanol–water partition coefficient (Wildman–Crippen LogP) is 2.62. The van der Waals surface area contributed by atoms with Crippen LogP contribution < -0.4 is 14.8 Å². The summed E-state index contributed by atoms with van der Waals surface area (Å²) in [5, 5.41) is 2.55. The molecule has 0 aromatic heterocycles. The molecule has 1 saturated carbocycles. The van der Waals surface area contributed by atoms with Gasteiger partial charge >= 0.3 is 0 Å². The minimum absolute atomic E-state index is 0.0270. The summed E-state index contributed by atoms with van der Waals surface area (Å²) in [4.78, 5) is 11.6. The van der Waals surface area contributed by atoms with Gasteiger partial charge in [-0.1, -0.05) is 6.04 Å². The molecule has 1 aliphatic heterocycles. The summed E-state index contributed by atoms with van der Waals surface area (Å²) in [6.07, 6.45) is 1.32. The second-order valence-electron chi connectivity index (χ2n) is 5.02. The van der Waals surface area contributed by atoms with E-state index >= 15 is 0 Å². The highest BCUT2D eigenvalue weighted by Gasteiger charge is 2.25. The van der Waals surface area contributed by atoms with E-state index in [0.29, 0.717) is 12.8 Å². The molecule has 2 aliphatic rings. The Morgan fingerprint density at radius 2 is 2.15 bits per heavy atom. The molecule has 1 unspecified atom stereocenters. The van der Waals surface area contributed by atoms with Crippen molar-refractivity contribution in [2.45, 2.75) is 44.1 Å². The summed E-state index contributed by atoms with van der Waals surface area (Å²) >= 11 is 0. The van der Waals surface area contributed by atoms with Crippen molar-refractivity contribution in [1.82, 2.24) is 5.32 Å². The van der Waals surface area contributed by atoms with Crippen LogP contribution in [0, 0.1) is 0 Å². The van der Waals surface area contributed by atoms with Crippen LogP contribution in [0.4, 0.5) is 0 Å². The Bertz CT molecular complexity index is 720. The van der Waals surface area contributed by atoms with Crippen LogP contribution in [0.1, 0.15) is 50.4 Å². The van der Waals surface area contributed by atoms with Gasteiger partial charge in [0.2, 0.25) is 5.91 Å². The lowest BCUT2D eigenvalue weighted by molar-refractivity contribution is -0.119. The van der Waals surface area contributed by atoms with Crippen molar-refractivity contribution in [2.24, 2.45) is 0 Å². The Balaban J connectivity index is 2.15. The fourth-order valence-electron chi connectivity index (χ4n) is 2.49. The molecule has 1 N–H and O–H groups in total. The van der Waals surface area contributed by atoms with Crippen molar-refractivity contribution < 1.29 is 21.1 Å². The van der Waals surface area contributed by atoms with Gasteiger partial charge in [0.1, 0.15) is 0 Å². The van der Waals surface area contributed by atoms with Crippen LogP contribution in [0.5, 0.6) is 11.5 Å². The first-order valence-corrected chi connectivity index (χ1v) is 6.85. The van der Waals surface area contributed by atoms with E-state index in [4.69, 9.17) is 16.3 Å². The Kier molecular flexibility index (Phi) is 2.45. The van der Waals surface area contributed by atoms with Gasteiger partial charge in [-0.15, -0.1) is 0 Å². The average Bonchev–Trinajstić information content (AvgIpc) is 3.12. The van der Waals surface area contributed by atoms with Gasteiger partial charge in [0.15, 0.2) is 11.5 Å². The average molecular weight is 280 g/mol. The number of carbonyl (C=O) groups is 1. The maximum Gasteiger partial charge on any atom is 0.220 e. The van der Waals surface area contributed by atoms with Crippen molar-refractivity contribution in [3.8, 4) is 11.5 Å². The number of benzene rings is 1. The molecule has 1 amide bonds. The summed E-state index contributed by atoms with van der Waals surface area (Å²) in [6.45, 7) is -0.0270. The molecule has 1 aliphatic carbocycles. The Labute approximate surface area is 126 Å². The molecule has 1 saturated heterocycles. The summed E-state index contributed by atoms with van der Waals surface area (Å²) in [5.41, 5.74) is -0.0340. The fourth-order valence-corrected chi connectivity index (χ4v) is 2.49. The first kappa shape index (κ1) is 8.55. The molecule has 1 heterocycles. The molecule has 1 aromatic rings. The smallest absolute Gasteiger partial charge is 0.220 e. The van der Waals surface area contributed by atoms with Crippen LogP contribution in [0.15, 0.2) is 18.1 Å². The van der Waals surface area contributed by atoms with E-state index in [1.54, 1.807) is 0 Å². The fraction of sp³-hybridized carbons (Fsp3) is 0.562. The number of nitrogens with one attached hydrogen (secondary N) is 1. The van der Waals surface area contributed by atoms with E-state index in [9.17, 15) is 4.79 Å². The molecule has 1 aromatic carbocycles. The summed E-state index contributed by atoms with van der Waals surface area (Å²) in [6, 6.07) is -0.856. The molecular formula is C16H21NO3. The van der Waals surface area contributed by atoms with Gasteiger partial charge in [0.05, 0.1) is 18.7 Å².